The molecule has 0 amide bonds. The smallest absolute Gasteiger partial charge is 0.113 e. The lowest BCUT2D eigenvalue weighted by molar-refractivity contribution is -0.347. The molecule has 108 valence electrons. The Hall–Kier alpha value is -0.240. The van der Waals surface area contributed by atoms with Crippen LogP contribution in [-0.4, -0.2) is 39.5 Å². The van der Waals surface area contributed by atoms with Crippen molar-refractivity contribution >= 4 is 0 Å². The molecule has 0 saturated carbocycles. The number of unbranched alkanes of at least 4 members (excludes halogenated alkanes) is 1. The first-order valence-electron chi connectivity index (χ1n) is 6.66. The maximum absolute atomic E-state index is 4.98. The summed E-state index contributed by atoms with van der Waals surface area (Å²) in [7, 11) is 1.99. The summed E-state index contributed by atoms with van der Waals surface area (Å²) >= 11 is 0. The quantitative estimate of drug-likeness (QED) is 0.209. The third-order valence-corrected chi connectivity index (χ3v) is 2.93. The molecule has 0 bridgehead atoms. The summed E-state index contributed by atoms with van der Waals surface area (Å²) in [5, 5.41) is 3.16. The SMILES string of the molecule is CNCCCCC(C)(C)CNNOOCC1CO1. The van der Waals surface area contributed by atoms with Crippen molar-refractivity contribution in [1.29, 1.82) is 0 Å². The number of rotatable bonds is 12. The molecule has 0 spiro atoms. The van der Waals surface area contributed by atoms with E-state index in [9.17, 15) is 0 Å². The van der Waals surface area contributed by atoms with Crippen molar-refractivity contribution in [2.24, 2.45) is 5.41 Å². The molecule has 18 heavy (non-hydrogen) atoms. The average Bonchev–Trinajstić information content (AvgIpc) is 3.13. The Bertz CT molecular complexity index is 211. The number of hydrogen-bond donors (Lipinski definition) is 3. The minimum Gasteiger partial charge on any atom is -0.370 e. The first-order chi connectivity index (χ1) is 8.64. The van der Waals surface area contributed by atoms with Gasteiger partial charge in [0.2, 0.25) is 0 Å². The van der Waals surface area contributed by atoms with Gasteiger partial charge in [0.15, 0.2) is 0 Å². The van der Waals surface area contributed by atoms with Crippen LogP contribution in [0.25, 0.3) is 0 Å². The van der Waals surface area contributed by atoms with Gasteiger partial charge in [-0.25, -0.2) is 10.3 Å². The molecule has 1 saturated heterocycles. The van der Waals surface area contributed by atoms with E-state index in [2.05, 4.69) is 30.2 Å². The van der Waals surface area contributed by atoms with Crippen molar-refractivity contribution in [3.8, 4) is 0 Å². The molecule has 1 atom stereocenters. The molecule has 0 radical (unpaired) electrons. The van der Waals surface area contributed by atoms with Gasteiger partial charge in [0, 0.05) is 6.54 Å². The van der Waals surface area contributed by atoms with E-state index in [1.54, 1.807) is 0 Å². The van der Waals surface area contributed by atoms with E-state index in [0.29, 0.717) is 6.61 Å². The predicted molar refractivity (Wildman–Crippen MR) is 69.5 cm³/mol. The largest absolute Gasteiger partial charge is 0.370 e. The van der Waals surface area contributed by atoms with Gasteiger partial charge in [-0.3, -0.25) is 0 Å². The maximum atomic E-state index is 4.98. The van der Waals surface area contributed by atoms with Crippen molar-refractivity contribution < 1.29 is 14.6 Å². The van der Waals surface area contributed by atoms with Gasteiger partial charge in [0.25, 0.3) is 0 Å². The molecule has 3 N–H and O–H groups in total. The lowest BCUT2D eigenvalue weighted by atomic mass is 9.87. The number of nitrogens with one attached hydrogen (secondary N) is 3. The molecule has 0 aromatic heterocycles. The zero-order chi connectivity index (χ0) is 13.3. The average molecular weight is 261 g/mol. The van der Waals surface area contributed by atoms with E-state index >= 15 is 0 Å². The zero-order valence-corrected chi connectivity index (χ0v) is 11.8. The number of hydrazine groups is 1. The molecule has 6 nitrogen and oxygen atoms in total. The molecule has 1 unspecified atom stereocenters. The van der Waals surface area contributed by atoms with Gasteiger partial charge in [0.1, 0.15) is 12.7 Å². The molecule has 0 aliphatic carbocycles. The van der Waals surface area contributed by atoms with Crippen LogP contribution >= 0.6 is 0 Å². The molecule has 1 aliphatic heterocycles. The summed E-state index contributed by atoms with van der Waals surface area (Å²) in [5.74, 6) is 0. The topological polar surface area (TPSA) is 67.1 Å². The van der Waals surface area contributed by atoms with Gasteiger partial charge in [-0.15, -0.1) is 10.6 Å². The normalized spacial score (nSPS) is 19.2. The Kier molecular flexibility index (Phi) is 7.73. The van der Waals surface area contributed by atoms with Crippen molar-refractivity contribution in [1.82, 2.24) is 16.3 Å². The highest BCUT2D eigenvalue weighted by molar-refractivity contribution is 4.70. The van der Waals surface area contributed by atoms with E-state index in [-0.39, 0.29) is 11.5 Å². The first-order valence-corrected chi connectivity index (χ1v) is 6.66. The second kappa shape index (κ2) is 8.79. The molecular formula is C12H27N3O3. The highest BCUT2D eigenvalue weighted by Gasteiger charge is 2.23. The Morgan fingerprint density at radius 2 is 2.11 bits per heavy atom. The van der Waals surface area contributed by atoms with E-state index in [1.807, 2.05) is 7.05 Å². The van der Waals surface area contributed by atoms with Crippen molar-refractivity contribution in [3.05, 3.63) is 0 Å². The number of ether oxygens (including phenoxy) is 1. The zero-order valence-electron chi connectivity index (χ0n) is 11.8. The van der Waals surface area contributed by atoms with Crippen LogP contribution in [0.15, 0.2) is 0 Å². The third-order valence-electron chi connectivity index (χ3n) is 2.93. The minimum absolute atomic E-state index is 0.218. The van der Waals surface area contributed by atoms with Crippen LogP contribution in [0.1, 0.15) is 33.1 Å². The van der Waals surface area contributed by atoms with Crippen molar-refractivity contribution in [2.75, 3.05) is 33.4 Å². The Balaban J connectivity index is 1.87. The fourth-order valence-electron chi connectivity index (χ4n) is 1.60. The van der Waals surface area contributed by atoms with Crippen LogP contribution in [-0.2, 0) is 14.6 Å². The summed E-state index contributed by atoms with van der Waals surface area (Å²) in [5.41, 5.74) is 5.83. The Morgan fingerprint density at radius 3 is 2.78 bits per heavy atom. The number of hydrogen-bond acceptors (Lipinski definition) is 6. The van der Waals surface area contributed by atoms with Gasteiger partial charge < -0.3 is 10.1 Å². The monoisotopic (exact) mass is 261 g/mol. The highest BCUT2D eigenvalue weighted by Crippen LogP contribution is 2.21. The molecule has 6 heteroatoms. The lowest BCUT2D eigenvalue weighted by Gasteiger charge is -2.24. The molecular weight excluding hydrogens is 234 g/mol. The number of epoxide rings is 1. The predicted octanol–water partition coefficient (Wildman–Crippen LogP) is 0.759. The molecule has 1 heterocycles. The summed E-state index contributed by atoms with van der Waals surface area (Å²) in [6.07, 6.45) is 3.84. The third kappa shape index (κ3) is 8.79. The van der Waals surface area contributed by atoms with E-state index < -0.39 is 0 Å². The van der Waals surface area contributed by atoms with Gasteiger partial charge in [-0.1, -0.05) is 20.3 Å². The van der Waals surface area contributed by atoms with Gasteiger partial charge in [-0.2, -0.15) is 0 Å². The fraction of sp³-hybridized carbons (Fsp3) is 1.00. The molecule has 1 aliphatic rings. The van der Waals surface area contributed by atoms with E-state index in [0.717, 1.165) is 19.7 Å². The van der Waals surface area contributed by atoms with Crippen LogP contribution in [0.4, 0.5) is 0 Å². The second-order valence-corrected chi connectivity index (χ2v) is 5.50. The second-order valence-electron chi connectivity index (χ2n) is 5.50. The highest BCUT2D eigenvalue weighted by atomic mass is 17.3. The minimum atomic E-state index is 0.218. The van der Waals surface area contributed by atoms with Gasteiger partial charge >= 0.3 is 0 Å². The summed E-state index contributed by atoms with van der Waals surface area (Å²) < 4.78 is 4.98. The maximum Gasteiger partial charge on any atom is 0.113 e. The van der Waals surface area contributed by atoms with Crippen LogP contribution in [0.5, 0.6) is 0 Å². The van der Waals surface area contributed by atoms with Crippen LogP contribution in [0, 0.1) is 5.41 Å². The van der Waals surface area contributed by atoms with Crippen LogP contribution < -0.4 is 16.3 Å². The van der Waals surface area contributed by atoms with E-state index in [4.69, 9.17) is 14.6 Å². The molecule has 1 rings (SSSR count). The van der Waals surface area contributed by atoms with Crippen LogP contribution in [0.2, 0.25) is 0 Å². The summed E-state index contributed by atoms with van der Waals surface area (Å²) in [6.45, 7) is 7.64. The molecule has 0 aromatic carbocycles. The van der Waals surface area contributed by atoms with Crippen LogP contribution in [0.3, 0.4) is 0 Å². The standard InChI is InChI=1S/C12H27N3O3/c1-12(2,6-4-5-7-13-3)10-14-15-18-17-9-11-8-16-11/h11,13-15H,4-10H2,1-3H3. The summed E-state index contributed by atoms with van der Waals surface area (Å²) in [4.78, 5) is 9.65. The summed E-state index contributed by atoms with van der Waals surface area (Å²) in [6, 6.07) is 0. The molecule has 1 fully saturated rings. The Morgan fingerprint density at radius 1 is 1.33 bits per heavy atom. The molecule has 0 aromatic rings. The van der Waals surface area contributed by atoms with Gasteiger partial charge in [0.05, 0.1) is 6.61 Å². The lowest BCUT2D eigenvalue weighted by Crippen LogP contribution is -2.39. The Labute approximate surface area is 110 Å². The fourth-order valence-corrected chi connectivity index (χ4v) is 1.60. The van der Waals surface area contributed by atoms with E-state index in [1.165, 1.54) is 19.3 Å². The van der Waals surface area contributed by atoms with Crippen molar-refractivity contribution in [3.63, 3.8) is 0 Å². The van der Waals surface area contributed by atoms with Crippen molar-refractivity contribution in [2.45, 2.75) is 39.2 Å². The first kappa shape index (κ1) is 15.8. The van der Waals surface area contributed by atoms with Gasteiger partial charge in [-0.05, 0) is 31.8 Å².